The minimum absolute atomic E-state index is 0.804. The quantitative estimate of drug-likeness (QED) is 0.890. The summed E-state index contributed by atoms with van der Waals surface area (Å²) in [6.45, 7) is 3.22. The van der Waals surface area contributed by atoms with Crippen LogP contribution in [0.3, 0.4) is 0 Å². The van der Waals surface area contributed by atoms with Crippen molar-refractivity contribution in [2.75, 3.05) is 19.7 Å². The van der Waals surface area contributed by atoms with Crippen molar-refractivity contribution >= 4 is 15.9 Å². The summed E-state index contributed by atoms with van der Waals surface area (Å²) in [5.41, 5.74) is 1.38. The molecular formula is C16H22BrNO. The standard InChI is InChI=1S/C16H22BrNO/c17-15-3-1-2-14(10-12-6-8-18-9-7-12)16(15)19-11-13-4-5-13/h1-3,12-13,18H,4-11H2. The molecule has 3 rings (SSSR count). The molecule has 1 saturated heterocycles. The van der Waals surface area contributed by atoms with Crippen LogP contribution in [-0.4, -0.2) is 19.7 Å². The van der Waals surface area contributed by atoms with Crippen LogP contribution in [0.15, 0.2) is 22.7 Å². The summed E-state index contributed by atoms with van der Waals surface area (Å²) in [5.74, 6) is 2.70. The lowest BCUT2D eigenvalue weighted by atomic mass is 9.90. The monoisotopic (exact) mass is 323 g/mol. The maximum atomic E-state index is 6.07. The summed E-state index contributed by atoms with van der Waals surface area (Å²) in [6, 6.07) is 6.45. The first kappa shape index (κ1) is 13.4. The Morgan fingerprint density at radius 2 is 1.89 bits per heavy atom. The summed E-state index contributed by atoms with van der Waals surface area (Å²) < 4.78 is 7.18. The topological polar surface area (TPSA) is 21.3 Å². The van der Waals surface area contributed by atoms with Crippen molar-refractivity contribution in [3.63, 3.8) is 0 Å². The molecule has 0 amide bonds. The van der Waals surface area contributed by atoms with Crippen molar-refractivity contribution in [3.8, 4) is 5.75 Å². The second kappa shape index (κ2) is 6.27. The average molecular weight is 324 g/mol. The van der Waals surface area contributed by atoms with Crippen LogP contribution < -0.4 is 10.1 Å². The molecule has 1 saturated carbocycles. The molecule has 19 heavy (non-hydrogen) atoms. The van der Waals surface area contributed by atoms with Gasteiger partial charge in [-0.1, -0.05) is 12.1 Å². The second-order valence-corrected chi connectivity index (χ2v) is 6.73. The van der Waals surface area contributed by atoms with Crippen molar-refractivity contribution in [2.24, 2.45) is 11.8 Å². The van der Waals surface area contributed by atoms with Crippen LogP contribution in [0.2, 0.25) is 0 Å². The first-order valence-corrected chi connectivity index (χ1v) is 8.23. The number of benzene rings is 1. The van der Waals surface area contributed by atoms with Crippen LogP contribution in [0, 0.1) is 11.8 Å². The molecule has 0 unspecified atom stereocenters. The fourth-order valence-corrected chi connectivity index (χ4v) is 3.28. The van der Waals surface area contributed by atoms with Crippen LogP contribution in [0.25, 0.3) is 0 Å². The molecule has 1 aliphatic heterocycles. The smallest absolute Gasteiger partial charge is 0.136 e. The maximum absolute atomic E-state index is 6.07. The predicted molar refractivity (Wildman–Crippen MR) is 81.7 cm³/mol. The minimum atomic E-state index is 0.804. The molecule has 0 spiro atoms. The third-order valence-electron chi connectivity index (χ3n) is 4.18. The highest BCUT2D eigenvalue weighted by atomic mass is 79.9. The van der Waals surface area contributed by atoms with E-state index in [1.807, 2.05) is 0 Å². The molecular weight excluding hydrogens is 302 g/mol. The predicted octanol–water partition coefficient (Wildman–Crippen LogP) is 3.78. The van der Waals surface area contributed by atoms with E-state index in [0.717, 1.165) is 48.2 Å². The molecule has 2 fully saturated rings. The fourth-order valence-electron chi connectivity index (χ4n) is 2.76. The van der Waals surface area contributed by atoms with Crippen LogP contribution >= 0.6 is 15.9 Å². The molecule has 2 nitrogen and oxygen atoms in total. The first-order chi connectivity index (χ1) is 9.33. The van der Waals surface area contributed by atoms with E-state index in [1.165, 1.54) is 31.2 Å². The van der Waals surface area contributed by atoms with Gasteiger partial charge in [-0.3, -0.25) is 0 Å². The fraction of sp³-hybridized carbons (Fsp3) is 0.625. The Kier molecular flexibility index (Phi) is 4.44. The molecule has 1 aromatic rings. The van der Waals surface area contributed by atoms with Gasteiger partial charge in [-0.25, -0.2) is 0 Å². The SMILES string of the molecule is Brc1cccc(CC2CCNCC2)c1OCC1CC1. The normalized spacial score (nSPS) is 20.5. The third-order valence-corrected chi connectivity index (χ3v) is 4.80. The Labute approximate surface area is 124 Å². The largest absolute Gasteiger partial charge is 0.492 e. The Bertz CT molecular complexity index is 425. The molecule has 1 N–H and O–H groups in total. The lowest BCUT2D eigenvalue weighted by molar-refractivity contribution is 0.290. The van der Waals surface area contributed by atoms with Gasteiger partial charge in [-0.05, 0) is 84.6 Å². The Hall–Kier alpha value is -0.540. The number of piperidine rings is 1. The first-order valence-electron chi connectivity index (χ1n) is 7.44. The molecule has 0 bridgehead atoms. The van der Waals surface area contributed by atoms with Crippen LogP contribution in [0.1, 0.15) is 31.2 Å². The van der Waals surface area contributed by atoms with Gasteiger partial charge in [-0.2, -0.15) is 0 Å². The lowest BCUT2D eigenvalue weighted by Gasteiger charge is -2.24. The number of hydrogen-bond donors (Lipinski definition) is 1. The zero-order valence-corrected chi connectivity index (χ0v) is 12.9. The van der Waals surface area contributed by atoms with E-state index < -0.39 is 0 Å². The number of rotatable bonds is 5. The van der Waals surface area contributed by atoms with Gasteiger partial charge in [0, 0.05) is 0 Å². The van der Waals surface area contributed by atoms with Gasteiger partial charge in [0.25, 0.3) is 0 Å². The van der Waals surface area contributed by atoms with E-state index in [-0.39, 0.29) is 0 Å². The van der Waals surface area contributed by atoms with Gasteiger partial charge >= 0.3 is 0 Å². The second-order valence-electron chi connectivity index (χ2n) is 5.88. The number of para-hydroxylation sites is 1. The van der Waals surface area contributed by atoms with Crippen molar-refractivity contribution in [3.05, 3.63) is 28.2 Å². The molecule has 1 heterocycles. The van der Waals surface area contributed by atoms with Gasteiger partial charge in [0.2, 0.25) is 0 Å². The zero-order chi connectivity index (χ0) is 13.1. The summed E-state index contributed by atoms with van der Waals surface area (Å²) in [4.78, 5) is 0. The molecule has 1 aliphatic carbocycles. The Balaban J connectivity index is 1.68. The van der Waals surface area contributed by atoms with E-state index in [0.29, 0.717) is 0 Å². The van der Waals surface area contributed by atoms with E-state index in [9.17, 15) is 0 Å². The van der Waals surface area contributed by atoms with Gasteiger partial charge in [0.1, 0.15) is 5.75 Å². The summed E-state index contributed by atoms with van der Waals surface area (Å²) in [5, 5.41) is 3.43. The van der Waals surface area contributed by atoms with Crippen LogP contribution in [0.4, 0.5) is 0 Å². The lowest BCUT2D eigenvalue weighted by Crippen LogP contribution is -2.28. The zero-order valence-electron chi connectivity index (χ0n) is 11.3. The number of halogens is 1. The highest BCUT2D eigenvalue weighted by molar-refractivity contribution is 9.10. The Morgan fingerprint density at radius 1 is 1.11 bits per heavy atom. The van der Waals surface area contributed by atoms with Gasteiger partial charge < -0.3 is 10.1 Å². The van der Waals surface area contributed by atoms with Crippen molar-refractivity contribution in [2.45, 2.75) is 32.1 Å². The maximum Gasteiger partial charge on any atom is 0.136 e. The molecule has 1 aromatic carbocycles. The summed E-state index contributed by atoms with van der Waals surface area (Å²) in [7, 11) is 0. The highest BCUT2D eigenvalue weighted by Gasteiger charge is 2.23. The third kappa shape index (κ3) is 3.73. The number of nitrogens with one attached hydrogen (secondary N) is 1. The van der Waals surface area contributed by atoms with Crippen LogP contribution in [-0.2, 0) is 6.42 Å². The molecule has 0 radical (unpaired) electrons. The van der Waals surface area contributed by atoms with E-state index in [4.69, 9.17) is 4.74 Å². The van der Waals surface area contributed by atoms with Crippen LogP contribution in [0.5, 0.6) is 5.75 Å². The number of ether oxygens (including phenoxy) is 1. The summed E-state index contributed by atoms with van der Waals surface area (Å²) >= 11 is 3.65. The molecule has 2 aliphatic rings. The molecule has 104 valence electrons. The Morgan fingerprint density at radius 3 is 2.63 bits per heavy atom. The van der Waals surface area contributed by atoms with Gasteiger partial charge in [0.05, 0.1) is 11.1 Å². The van der Waals surface area contributed by atoms with Gasteiger partial charge in [-0.15, -0.1) is 0 Å². The van der Waals surface area contributed by atoms with Gasteiger partial charge in [0.15, 0.2) is 0 Å². The van der Waals surface area contributed by atoms with Crippen molar-refractivity contribution in [1.29, 1.82) is 0 Å². The molecule has 0 atom stereocenters. The van der Waals surface area contributed by atoms with E-state index in [1.54, 1.807) is 0 Å². The average Bonchev–Trinajstić information content (AvgIpc) is 3.23. The van der Waals surface area contributed by atoms with E-state index in [2.05, 4.69) is 39.4 Å². The molecule has 0 aromatic heterocycles. The summed E-state index contributed by atoms with van der Waals surface area (Å²) in [6.07, 6.45) is 6.41. The molecule has 3 heteroatoms. The van der Waals surface area contributed by atoms with Crippen molar-refractivity contribution in [1.82, 2.24) is 5.32 Å². The minimum Gasteiger partial charge on any atom is -0.492 e. The van der Waals surface area contributed by atoms with Crippen molar-refractivity contribution < 1.29 is 4.74 Å². The van der Waals surface area contributed by atoms with E-state index >= 15 is 0 Å². The highest BCUT2D eigenvalue weighted by Crippen LogP contribution is 2.35. The number of hydrogen-bond acceptors (Lipinski definition) is 2.